The van der Waals surface area contributed by atoms with E-state index >= 15 is 0 Å². The minimum atomic E-state index is -3.59. The number of amides is 1. The summed E-state index contributed by atoms with van der Waals surface area (Å²) in [6, 6.07) is 6.04. The molecule has 0 radical (unpaired) electrons. The lowest BCUT2D eigenvalue weighted by Crippen LogP contribution is -2.38. The van der Waals surface area contributed by atoms with Crippen LogP contribution in [0.25, 0.3) is 0 Å². The van der Waals surface area contributed by atoms with Gasteiger partial charge in [0.2, 0.25) is 10.0 Å². The second kappa shape index (κ2) is 8.08. The molecule has 8 nitrogen and oxygen atoms in total. The number of hydrogen-bond acceptors (Lipinski definition) is 5. The third-order valence-electron chi connectivity index (χ3n) is 5.46. The van der Waals surface area contributed by atoms with Crippen LogP contribution in [0.3, 0.4) is 0 Å². The lowest BCUT2D eigenvalue weighted by atomic mass is 9.95. The van der Waals surface area contributed by atoms with Gasteiger partial charge in [0.25, 0.3) is 5.91 Å². The van der Waals surface area contributed by atoms with Crippen LogP contribution >= 0.6 is 0 Å². The Morgan fingerprint density at radius 2 is 1.86 bits per heavy atom. The SMILES string of the molecule is C=CCNS(=O)(=O)c1ccc(C(=O)N2CCC(c3nc(C4CC4)n[nH]3)CC2)cc1. The van der Waals surface area contributed by atoms with Gasteiger partial charge >= 0.3 is 0 Å². The molecule has 1 amide bonds. The number of carbonyl (C=O) groups excluding carboxylic acids is 1. The maximum absolute atomic E-state index is 12.8. The van der Waals surface area contributed by atoms with Gasteiger partial charge in [0.15, 0.2) is 5.82 Å². The van der Waals surface area contributed by atoms with E-state index in [-0.39, 0.29) is 17.3 Å². The average Bonchev–Trinajstić information content (AvgIpc) is 3.48. The highest BCUT2D eigenvalue weighted by Crippen LogP contribution is 2.38. The van der Waals surface area contributed by atoms with Crippen LogP contribution in [0.1, 0.15) is 59.5 Å². The molecule has 0 unspecified atom stereocenters. The highest BCUT2D eigenvalue weighted by Gasteiger charge is 2.31. The Balaban J connectivity index is 1.35. The third kappa shape index (κ3) is 4.40. The lowest BCUT2D eigenvalue weighted by Gasteiger charge is -2.31. The summed E-state index contributed by atoms with van der Waals surface area (Å²) >= 11 is 0. The van der Waals surface area contributed by atoms with Gasteiger partial charge in [-0.15, -0.1) is 6.58 Å². The van der Waals surface area contributed by atoms with Gasteiger partial charge in [0.05, 0.1) is 4.90 Å². The third-order valence-corrected chi connectivity index (χ3v) is 6.90. The van der Waals surface area contributed by atoms with E-state index in [1.54, 1.807) is 12.1 Å². The number of nitrogens with zero attached hydrogens (tertiary/aromatic N) is 3. The fourth-order valence-electron chi connectivity index (χ4n) is 3.56. The Bertz CT molecular complexity index is 987. The molecule has 154 valence electrons. The van der Waals surface area contributed by atoms with Crippen LogP contribution < -0.4 is 4.72 Å². The number of aromatic nitrogens is 3. The van der Waals surface area contributed by atoms with Gasteiger partial charge in [-0.2, -0.15) is 5.10 Å². The summed E-state index contributed by atoms with van der Waals surface area (Å²) in [6.45, 7) is 4.94. The van der Waals surface area contributed by atoms with Crippen molar-refractivity contribution in [1.29, 1.82) is 0 Å². The van der Waals surface area contributed by atoms with Gasteiger partial charge in [0.1, 0.15) is 5.82 Å². The molecule has 2 aliphatic rings. The number of nitrogens with one attached hydrogen (secondary N) is 2. The van der Waals surface area contributed by atoms with Crippen molar-refractivity contribution in [2.75, 3.05) is 19.6 Å². The molecule has 9 heteroatoms. The van der Waals surface area contributed by atoms with Crippen molar-refractivity contribution in [2.24, 2.45) is 0 Å². The Morgan fingerprint density at radius 3 is 2.48 bits per heavy atom. The predicted octanol–water partition coefficient (Wildman–Crippen LogP) is 2.17. The van der Waals surface area contributed by atoms with Crippen molar-refractivity contribution < 1.29 is 13.2 Å². The van der Waals surface area contributed by atoms with E-state index in [9.17, 15) is 13.2 Å². The molecule has 1 aromatic heterocycles. The number of sulfonamides is 1. The summed E-state index contributed by atoms with van der Waals surface area (Å²) in [5.74, 6) is 2.60. The Morgan fingerprint density at radius 1 is 1.17 bits per heavy atom. The number of rotatable bonds is 7. The van der Waals surface area contributed by atoms with Gasteiger partial charge in [-0.1, -0.05) is 6.08 Å². The Kier molecular flexibility index (Phi) is 5.51. The van der Waals surface area contributed by atoms with E-state index in [0.717, 1.165) is 24.5 Å². The molecule has 2 heterocycles. The first-order chi connectivity index (χ1) is 14.0. The van der Waals surface area contributed by atoms with Crippen LogP contribution in [0.15, 0.2) is 41.8 Å². The Labute approximate surface area is 170 Å². The standard InChI is InChI=1S/C20H25N5O3S/c1-2-11-21-29(27,28)17-7-5-16(6-8-17)20(26)25-12-9-15(10-13-25)19-22-18(23-24-19)14-3-4-14/h2,5-8,14-15,21H,1,3-4,9-13H2,(H,22,23,24). The van der Waals surface area contributed by atoms with Crippen LogP contribution in [0, 0.1) is 0 Å². The van der Waals surface area contributed by atoms with E-state index in [1.807, 2.05) is 4.90 Å². The zero-order valence-corrected chi connectivity index (χ0v) is 17.0. The molecule has 0 bridgehead atoms. The van der Waals surface area contributed by atoms with E-state index in [2.05, 4.69) is 26.5 Å². The number of likely N-dealkylation sites (tertiary alicyclic amines) is 1. The molecule has 0 atom stereocenters. The summed E-state index contributed by atoms with van der Waals surface area (Å²) in [7, 11) is -3.59. The van der Waals surface area contributed by atoms with Crippen molar-refractivity contribution in [1.82, 2.24) is 24.8 Å². The fraction of sp³-hybridized carbons (Fsp3) is 0.450. The van der Waals surface area contributed by atoms with Gasteiger partial charge in [-0.05, 0) is 49.9 Å². The van der Waals surface area contributed by atoms with Gasteiger partial charge in [-0.25, -0.2) is 18.1 Å². The van der Waals surface area contributed by atoms with Crippen molar-refractivity contribution in [3.8, 4) is 0 Å². The highest BCUT2D eigenvalue weighted by molar-refractivity contribution is 7.89. The first kappa shape index (κ1) is 19.8. The van der Waals surface area contributed by atoms with Gasteiger partial charge in [-0.3, -0.25) is 9.89 Å². The summed E-state index contributed by atoms with van der Waals surface area (Å²) < 4.78 is 26.7. The molecule has 2 aromatic rings. The van der Waals surface area contributed by atoms with Crippen molar-refractivity contribution in [3.63, 3.8) is 0 Å². The first-order valence-corrected chi connectivity index (χ1v) is 11.4. The largest absolute Gasteiger partial charge is 0.339 e. The van der Waals surface area contributed by atoms with Crippen molar-refractivity contribution in [3.05, 3.63) is 54.1 Å². The molecule has 1 aliphatic carbocycles. The summed E-state index contributed by atoms with van der Waals surface area (Å²) in [5.41, 5.74) is 0.488. The maximum Gasteiger partial charge on any atom is 0.253 e. The predicted molar refractivity (Wildman–Crippen MR) is 108 cm³/mol. The molecule has 1 saturated heterocycles. The van der Waals surface area contributed by atoms with Gasteiger partial charge in [0, 0.05) is 37.0 Å². The van der Waals surface area contributed by atoms with Crippen molar-refractivity contribution in [2.45, 2.75) is 42.4 Å². The minimum absolute atomic E-state index is 0.0808. The Hall–Kier alpha value is -2.52. The van der Waals surface area contributed by atoms with Crippen LogP contribution in [-0.2, 0) is 10.0 Å². The number of carbonyl (C=O) groups is 1. The van der Waals surface area contributed by atoms with Crippen LogP contribution in [0.4, 0.5) is 0 Å². The van der Waals surface area contributed by atoms with Crippen LogP contribution in [-0.4, -0.2) is 54.0 Å². The van der Waals surface area contributed by atoms with Crippen LogP contribution in [0.5, 0.6) is 0 Å². The maximum atomic E-state index is 12.8. The number of aromatic amines is 1. The molecule has 1 aliphatic heterocycles. The van der Waals surface area contributed by atoms with Crippen molar-refractivity contribution >= 4 is 15.9 Å². The molecular weight excluding hydrogens is 390 g/mol. The van der Waals surface area contributed by atoms with E-state index < -0.39 is 10.0 Å². The van der Waals surface area contributed by atoms with E-state index in [0.29, 0.717) is 30.5 Å². The summed E-state index contributed by atoms with van der Waals surface area (Å²) in [4.78, 5) is 19.4. The fourth-order valence-corrected chi connectivity index (χ4v) is 4.56. The van der Waals surface area contributed by atoms with E-state index in [4.69, 9.17) is 0 Å². The number of benzene rings is 1. The van der Waals surface area contributed by atoms with Crippen LogP contribution in [0.2, 0.25) is 0 Å². The second-order valence-corrected chi connectivity index (χ2v) is 9.35. The molecule has 0 spiro atoms. The number of H-pyrrole nitrogens is 1. The monoisotopic (exact) mass is 415 g/mol. The number of hydrogen-bond donors (Lipinski definition) is 2. The number of piperidine rings is 1. The normalized spacial score (nSPS) is 18.0. The first-order valence-electron chi connectivity index (χ1n) is 9.90. The highest BCUT2D eigenvalue weighted by atomic mass is 32.2. The molecule has 1 aromatic carbocycles. The molecule has 1 saturated carbocycles. The molecule has 29 heavy (non-hydrogen) atoms. The summed E-state index contributed by atoms with van der Waals surface area (Å²) in [6.07, 6.45) is 5.50. The topological polar surface area (TPSA) is 108 Å². The lowest BCUT2D eigenvalue weighted by molar-refractivity contribution is 0.0711. The van der Waals surface area contributed by atoms with E-state index in [1.165, 1.54) is 31.1 Å². The zero-order chi connectivity index (χ0) is 20.4. The smallest absolute Gasteiger partial charge is 0.253 e. The molecule has 4 rings (SSSR count). The molecule has 2 fully saturated rings. The minimum Gasteiger partial charge on any atom is -0.339 e. The second-order valence-electron chi connectivity index (χ2n) is 7.58. The summed E-state index contributed by atoms with van der Waals surface area (Å²) in [5, 5.41) is 7.40. The van der Waals surface area contributed by atoms with Gasteiger partial charge < -0.3 is 4.90 Å². The quantitative estimate of drug-likeness (QED) is 0.674. The average molecular weight is 416 g/mol. The zero-order valence-electron chi connectivity index (χ0n) is 16.2. The molecule has 2 N–H and O–H groups in total. The molecular formula is C20H25N5O3S.